The molecule has 0 heterocycles. The van der Waals surface area contributed by atoms with Gasteiger partial charge in [0.1, 0.15) is 0 Å². The van der Waals surface area contributed by atoms with Crippen molar-refractivity contribution >= 4 is 0 Å². The van der Waals surface area contributed by atoms with Crippen molar-refractivity contribution in [2.24, 2.45) is 5.92 Å². The minimum atomic E-state index is 0.721. The molecule has 0 radical (unpaired) electrons. The largest absolute Gasteiger partial charge is 0.0998 e. The summed E-state index contributed by atoms with van der Waals surface area (Å²) < 4.78 is 0. The predicted molar refractivity (Wildman–Crippen MR) is 50.4 cm³/mol. The SMILES string of the molecule is C=CC1=CC[C@@H](C(=C)C)CC1. The smallest absolute Gasteiger partial charge is 0.0171 e. The highest BCUT2D eigenvalue weighted by atomic mass is 14.2. The third-order valence-electron chi connectivity index (χ3n) is 2.41. The highest BCUT2D eigenvalue weighted by Gasteiger charge is 2.12. The Bertz CT molecular complexity index is 196. The van der Waals surface area contributed by atoms with Gasteiger partial charge >= 0.3 is 0 Å². The number of hydrogen-bond donors (Lipinski definition) is 0. The van der Waals surface area contributed by atoms with Crippen LogP contribution in [0.5, 0.6) is 0 Å². The molecule has 60 valence electrons. The second-order valence-corrected chi connectivity index (χ2v) is 3.30. The van der Waals surface area contributed by atoms with Crippen LogP contribution in [-0.4, -0.2) is 0 Å². The molecule has 1 atom stereocenters. The Labute approximate surface area is 69.3 Å². The van der Waals surface area contributed by atoms with Gasteiger partial charge in [-0.1, -0.05) is 36.5 Å². The average Bonchev–Trinajstić information content (AvgIpc) is 2.05. The van der Waals surface area contributed by atoms with E-state index >= 15 is 0 Å². The molecule has 0 aromatic carbocycles. The fraction of sp³-hybridized carbons (Fsp3) is 0.455. The van der Waals surface area contributed by atoms with Crippen LogP contribution < -0.4 is 0 Å². The second kappa shape index (κ2) is 3.56. The summed E-state index contributed by atoms with van der Waals surface area (Å²) >= 11 is 0. The quantitative estimate of drug-likeness (QED) is 0.526. The highest BCUT2D eigenvalue weighted by molar-refractivity contribution is 5.20. The van der Waals surface area contributed by atoms with Gasteiger partial charge < -0.3 is 0 Å². The van der Waals surface area contributed by atoms with Crippen molar-refractivity contribution in [2.75, 3.05) is 0 Å². The molecule has 0 bridgehead atoms. The average molecular weight is 148 g/mol. The first-order valence-electron chi connectivity index (χ1n) is 4.21. The molecule has 0 fully saturated rings. The van der Waals surface area contributed by atoms with Gasteiger partial charge in [-0.3, -0.25) is 0 Å². The van der Waals surface area contributed by atoms with E-state index in [9.17, 15) is 0 Å². The topological polar surface area (TPSA) is 0 Å². The number of rotatable bonds is 2. The molecule has 11 heavy (non-hydrogen) atoms. The molecule has 1 aliphatic rings. The Kier molecular flexibility index (Phi) is 2.70. The Morgan fingerprint density at radius 2 is 2.45 bits per heavy atom. The Morgan fingerprint density at radius 3 is 2.82 bits per heavy atom. The van der Waals surface area contributed by atoms with Gasteiger partial charge in [0.15, 0.2) is 0 Å². The van der Waals surface area contributed by atoms with Crippen molar-refractivity contribution in [1.82, 2.24) is 0 Å². The fourth-order valence-corrected chi connectivity index (χ4v) is 1.49. The van der Waals surface area contributed by atoms with Crippen LogP contribution in [0.25, 0.3) is 0 Å². The molecule has 0 aromatic heterocycles. The van der Waals surface area contributed by atoms with Crippen LogP contribution in [0.3, 0.4) is 0 Å². The molecule has 0 aromatic rings. The van der Waals surface area contributed by atoms with E-state index in [1.54, 1.807) is 0 Å². The van der Waals surface area contributed by atoms with Gasteiger partial charge in [-0.25, -0.2) is 0 Å². The molecule has 0 unspecified atom stereocenters. The van der Waals surface area contributed by atoms with Crippen LogP contribution in [0, 0.1) is 5.92 Å². The summed E-state index contributed by atoms with van der Waals surface area (Å²) in [6.45, 7) is 9.86. The normalized spacial score (nSPS) is 24.1. The third-order valence-corrected chi connectivity index (χ3v) is 2.41. The van der Waals surface area contributed by atoms with Crippen LogP contribution >= 0.6 is 0 Å². The lowest BCUT2D eigenvalue weighted by molar-refractivity contribution is 0.545. The Balaban J connectivity index is 2.54. The minimum Gasteiger partial charge on any atom is -0.0998 e. The summed E-state index contributed by atoms with van der Waals surface area (Å²) in [4.78, 5) is 0. The maximum atomic E-state index is 3.97. The van der Waals surface area contributed by atoms with Crippen LogP contribution in [0.4, 0.5) is 0 Å². The summed E-state index contributed by atoms with van der Waals surface area (Å²) in [5, 5.41) is 0. The summed E-state index contributed by atoms with van der Waals surface area (Å²) in [5.74, 6) is 0.721. The van der Waals surface area contributed by atoms with E-state index in [4.69, 9.17) is 0 Å². The number of hydrogen-bond acceptors (Lipinski definition) is 0. The molecule has 0 N–H and O–H groups in total. The fourth-order valence-electron chi connectivity index (χ4n) is 1.49. The maximum absolute atomic E-state index is 3.97. The van der Waals surface area contributed by atoms with Gasteiger partial charge in [0, 0.05) is 0 Å². The van der Waals surface area contributed by atoms with Gasteiger partial charge in [0.2, 0.25) is 0 Å². The first-order valence-corrected chi connectivity index (χ1v) is 4.21. The van der Waals surface area contributed by atoms with Crippen molar-refractivity contribution < 1.29 is 0 Å². The van der Waals surface area contributed by atoms with E-state index < -0.39 is 0 Å². The van der Waals surface area contributed by atoms with Crippen LogP contribution in [0.1, 0.15) is 26.2 Å². The van der Waals surface area contributed by atoms with Crippen molar-refractivity contribution in [3.8, 4) is 0 Å². The molecule has 0 nitrogen and oxygen atoms in total. The molecular formula is C11H16. The lowest BCUT2D eigenvalue weighted by Gasteiger charge is -2.20. The first kappa shape index (κ1) is 8.32. The van der Waals surface area contributed by atoms with Crippen LogP contribution in [0.15, 0.2) is 36.5 Å². The van der Waals surface area contributed by atoms with Crippen LogP contribution in [-0.2, 0) is 0 Å². The van der Waals surface area contributed by atoms with E-state index in [2.05, 4.69) is 26.2 Å². The zero-order valence-electron chi connectivity index (χ0n) is 7.27. The van der Waals surface area contributed by atoms with E-state index in [-0.39, 0.29) is 0 Å². The van der Waals surface area contributed by atoms with E-state index in [0.717, 1.165) is 12.3 Å². The zero-order chi connectivity index (χ0) is 8.27. The van der Waals surface area contributed by atoms with E-state index in [1.807, 2.05) is 6.08 Å². The van der Waals surface area contributed by atoms with E-state index in [1.165, 1.54) is 24.0 Å². The summed E-state index contributed by atoms with van der Waals surface area (Å²) in [7, 11) is 0. The van der Waals surface area contributed by atoms with Crippen molar-refractivity contribution in [1.29, 1.82) is 0 Å². The van der Waals surface area contributed by atoms with Gasteiger partial charge in [0.05, 0.1) is 0 Å². The molecule has 1 aliphatic carbocycles. The Morgan fingerprint density at radius 1 is 1.73 bits per heavy atom. The molecule has 1 rings (SSSR count). The first-order chi connectivity index (χ1) is 5.24. The molecule has 0 saturated heterocycles. The number of allylic oxidation sites excluding steroid dienone is 4. The van der Waals surface area contributed by atoms with Crippen LogP contribution in [0.2, 0.25) is 0 Å². The third kappa shape index (κ3) is 2.07. The molecule has 0 amide bonds. The molecule has 0 saturated carbocycles. The van der Waals surface area contributed by atoms with Crippen molar-refractivity contribution in [3.05, 3.63) is 36.5 Å². The minimum absolute atomic E-state index is 0.721. The second-order valence-electron chi connectivity index (χ2n) is 3.30. The highest BCUT2D eigenvalue weighted by Crippen LogP contribution is 2.28. The zero-order valence-corrected chi connectivity index (χ0v) is 7.27. The summed E-state index contributed by atoms with van der Waals surface area (Å²) in [5.41, 5.74) is 2.73. The molecule has 0 spiro atoms. The summed E-state index contributed by atoms with van der Waals surface area (Å²) in [6, 6.07) is 0. The summed E-state index contributed by atoms with van der Waals surface area (Å²) in [6.07, 6.45) is 7.86. The van der Waals surface area contributed by atoms with Gasteiger partial charge in [-0.05, 0) is 32.1 Å². The maximum Gasteiger partial charge on any atom is -0.0171 e. The van der Waals surface area contributed by atoms with Crippen molar-refractivity contribution in [3.63, 3.8) is 0 Å². The predicted octanol–water partition coefficient (Wildman–Crippen LogP) is 3.48. The molecular weight excluding hydrogens is 132 g/mol. The Hall–Kier alpha value is -0.780. The van der Waals surface area contributed by atoms with E-state index in [0.29, 0.717) is 0 Å². The van der Waals surface area contributed by atoms with Gasteiger partial charge in [-0.15, -0.1) is 0 Å². The lowest BCUT2D eigenvalue weighted by Crippen LogP contribution is -2.05. The van der Waals surface area contributed by atoms with Gasteiger partial charge in [0.25, 0.3) is 0 Å². The standard InChI is InChI=1S/C11H16/c1-4-10-5-7-11(8-6-10)9(2)3/h4-5,11H,1-2,6-8H2,3H3/t11-/m1/s1. The molecule has 0 aliphatic heterocycles. The lowest BCUT2D eigenvalue weighted by atomic mass is 9.86. The van der Waals surface area contributed by atoms with Crippen molar-refractivity contribution in [2.45, 2.75) is 26.2 Å². The van der Waals surface area contributed by atoms with Gasteiger partial charge in [-0.2, -0.15) is 0 Å². The molecule has 0 heteroatoms. The monoisotopic (exact) mass is 148 g/mol.